The van der Waals surface area contributed by atoms with E-state index in [2.05, 4.69) is 10.2 Å². The first-order valence-corrected chi connectivity index (χ1v) is 8.46. The van der Waals surface area contributed by atoms with Crippen LogP contribution in [0.3, 0.4) is 0 Å². The van der Waals surface area contributed by atoms with Gasteiger partial charge in [0.15, 0.2) is 4.77 Å². The number of hydrogen-bond acceptors (Lipinski definition) is 2. The third-order valence-electron chi connectivity index (χ3n) is 4.81. The lowest BCUT2D eigenvalue weighted by Crippen LogP contribution is -2.03. The number of halogens is 2. The first kappa shape index (κ1) is 13.8. The zero-order chi connectivity index (χ0) is 14.6. The average molecular weight is 340 g/mol. The van der Waals surface area contributed by atoms with Gasteiger partial charge in [0.1, 0.15) is 5.82 Å². The average Bonchev–Trinajstić information content (AvgIpc) is 3.09. The number of H-pyrrole nitrogens is 1. The lowest BCUT2D eigenvalue weighted by molar-refractivity contribution is 0.480. The molecule has 0 saturated heterocycles. The van der Waals surface area contributed by atoms with Gasteiger partial charge < -0.3 is 0 Å². The van der Waals surface area contributed by atoms with E-state index in [9.17, 15) is 0 Å². The van der Waals surface area contributed by atoms with E-state index in [0.717, 1.165) is 23.3 Å². The van der Waals surface area contributed by atoms with Crippen LogP contribution >= 0.6 is 35.4 Å². The molecule has 4 rings (SSSR count). The van der Waals surface area contributed by atoms with Crippen molar-refractivity contribution < 1.29 is 0 Å². The van der Waals surface area contributed by atoms with Gasteiger partial charge in [-0.1, -0.05) is 42.1 Å². The van der Waals surface area contributed by atoms with Crippen molar-refractivity contribution in [1.29, 1.82) is 0 Å². The van der Waals surface area contributed by atoms with Crippen LogP contribution < -0.4 is 0 Å². The second-order valence-electron chi connectivity index (χ2n) is 5.93. The van der Waals surface area contributed by atoms with Crippen LogP contribution in [0.15, 0.2) is 18.2 Å². The minimum absolute atomic E-state index is 0.493. The van der Waals surface area contributed by atoms with E-state index in [1.54, 1.807) is 0 Å². The molecule has 2 saturated carbocycles. The first-order valence-electron chi connectivity index (χ1n) is 7.30. The second-order valence-corrected chi connectivity index (χ2v) is 7.13. The lowest BCUT2D eigenvalue weighted by atomic mass is 10.0. The topological polar surface area (TPSA) is 33.6 Å². The van der Waals surface area contributed by atoms with Gasteiger partial charge in [-0.2, -0.15) is 5.10 Å². The molecule has 0 radical (unpaired) electrons. The van der Waals surface area contributed by atoms with Crippen LogP contribution in [0, 0.1) is 16.6 Å². The van der Waals surface area contributed by atoms with Crippen LogP contribution in [-0.4, -0.2) is 14.8 Å². The molecule has 0 amide bonds. The van der Waals surface area contributed by atoms with Gasteiger partial charge >= 0.3 is 0 Å². The van der Waals surface area contributed by atoms with Crippen molar-refractivity contribution in [3.05, 3.63) is 38.8 Å². The number of aromatic amines is 1. The number of hydrogen-bond donors (Lipinski definition) is 1. The quantitative estimate of drug-likeness (QED) is 0.768. The summed E-state index contributed by atoms with van der Waals surface area (Å²) >= 11 is 18.1. The molecule has 1 aromatic heterocycles. The molecule has 2 atom stereocenters. The summed E-state index contributed by atoms with van der Waals surface area (Å²) in [5, 5.41) is 8.61. The molecule has 0 bridgehead atoms. The molecule has 1 aromatic carbocycles. The summed E-state index contributed by atoms with van der Waals surface area (Å²) in [6, 6.07) is 5.51. The molecule has 2 aromatic rings. The van der Waals surface area contributed by atoms with Crippen molar-refractivity contribution in [2.75, 3.05) is 0 Å². The number of rotatable bonds is 2. The Morgan fingerprint density at radius 1 is 1.14 bits per heavy atom. The van der Waals surface area contributed by atoms with Gasteiger partial charge in [0, 0.05) is 5.92 Å². The molecule has 3 nitrogen and oxygen atoms in total. The van der Waals surface area contributed by atoms with E-state index >= 15 is 0 Å². The van der Waals surface area contributed by atoms with Crippen molar-refractivity contribution in [2.24, 2.45) is 11.8 Å². The zero-order valence-corrected chi connectivity index (χ0v) is 13.7. The summed E-state index contributed by atoms with van der Waals surface area (Å²) in [5.74, 6) is 2.99. The van der Waals surface area contributed by atoms with Crippen LogP contribution in [-0.2, 0) is 0 Å². The number of fused-ring (bicyclic) bond motifs is 1. The molecule has 1 N–H and O–H groups in total. The maximum atomic E-state index is 6.35. The number of aromatic nitrogens is 3. The molecule has 6 heteroatoms. The smallest absolute Gasteiger partial charge is 0.199 e. The fraction of sp³-hybridized carbons (Fsp3) is 0.467. The van der Waals surface area contributed by atoms with E-state index in [4.69, 9.17) is 35.4 Å². The molecule has 2 unspecified atom stereocenters. The molecule has 2 fully saturated rings. The van der Waals surface area contributed by atoms with E-state index in [0.29, 0.717) is 20.7 Å². The maximum Gasteiger partial charge on any atom is 0.199 e. The van der Waals surface area contributed by atoms with E-state index in [-0.39, 0.29) is 0 Å². The fourth-order valence-electron chi connectivity index (χ4n) is 3.83. The molecule has 0 spiro atoms. The Labute approximate surface area is 138 Å². The van der Waals surface area contributed by atoms with Crippen LogP contribution in [0.25, 0.3) is 5.69 Å². The highest BCUT2D eigenvalue weighted by Gasteiger charge is 2.53. The third-order valence-corrected chi connectivity index (χ3v) is 5.70. The molecule has 0 aliphatic heterocycles. The summed E-state index contributed by atoms with van der Waals surface area (Å²) < 4.78 is 2.49. The highest BCUT2D eigenvalue weighted by atomic mass is 35.5. The Kier molecular flexibility index (Phi) is 3.36. The van der Waals surface area contributed by atoms with Crippen molar-refractivity contribution >= 4 is 35.4 Å². The van der Waals surface area contributed by atoms with Gasteiger partial charge in [-0.3, -0.25) is 9.67 Å². The van der Waals surface area contributed by atoms with Crippen LogP contribution in [0.5, 0.6) is 0 Å². The normalized spacial score (nSPS) is 27.4. The largest absolute Gasteiger partial charge is 0.269 e. The molecule has 2 aliphatic rings. The summed E-state index contributed by atoms with van der Waals surface area (Å²) in [6.07, 6.45) is 5.25. The minimum Gasteiger partial charge on any atom is -0.269 e. The summed E-state index contributed by atoms with van der Waals surface area (Å²) in [7, 11) is 0. The lowest BCUT2D eigenvalue weighted by Gasteiger charge is -2.10. The third kappa shape index (κ3) is 2.16. The Bertz CT molecular complexity index is 719. The summed E-state index contributed by atoms with van der Waals surface area (Å²) in [4.78, 5) is 0. The predicted molar refractivity (Wildman–Crippen MR) is 87.0 cm³/mol. The summed E-state index contributed by atoms with van der Waals surface area (Å²) in [5.41, 5.74) is 0.748. The van der Waals surface area contributed by atoms with E-state index in [1.807, 2.05) is 22.8 Å². The van der Waals surface area contributed by atoms with Gasteiger partial charge in [0.25, 0.3) is 0 Å². The van der Waals surface area contributed by atoms with E-state index in [1.165, 1.54) is 25.7 Å². The fourth-order valence-corrected chi connectivity index (χ4v) is 4.62. The monoisotopic (exact) mass is 339 g/mol. The molecule has 21 heavy (non-hydrogen) atoms. The van der Waals surface area contributed by atoms with Gasteiger partial charge in [-0.15, -0.1) is 0 Å². The molecular formula is C15H15Cl2N3S. The van der Waals surface area contributed by atoms with E-state index < -0.39 is 0 Å². The standard InChI is InChI=1S/C15H15Cl2N3S/c16-10-6-3-7-11(17)13(10)20-14(18-19-15(20)21)12-8-4-1-2-5-9(8)12/h3,6-9,12H,1-2,4-5H2,(H,19,21). The maximum absolute atomic E-state index is 6.35. The van der Waals surface area contributed by atoms with Crippen molar-refractivity contribution in [1.82, 2.24) is 14.8 Å². The van der Waals surface area contributed by atoms with Crippen LogP contribution in [0.1, 0.15) is 37.4 Å². The molecule has 2 aliphatic carbocycles. The van der Waals surface area contributed by atoms with Gasteiger partial charge in [0.2, 0.25) is 0 Å². The number of benzene rings is 1. The van der Waals surface area contributed by atoms with Gasteiger partial charge in [-0.05, 0) is 49.0 Å². The molecule has 1 heterocycles. The van der Waals surface area contributed by atoms with Crippen LogP contribution in [0.2, 0.25) is 10.0 Å². The van der Waals surface area contributed by atoms with Crippen molar-refractivity contribution in [3.63, 3.8) is 0 Å². The SMILES string of the molecule is S=c1[nH]nc(C2C3CCCCC32)n1-c1c(Cl)cccc1Cl. The minimum atomic E-state index is 0.493. The second kappa shape index (κ2) is 5.11. The highest BCUT2D eigenvalue weighted by molar-refractivity contribution is 7.71. The first-order chi connectivity index (χ1) is 10.2. The number of nitrogens with one attached hydrogen (secondary N) is 1. The zero-order valence-electron chi connectivity index (χ0n) is 11.4. The Balaban J connectivity index is 1.84. The molecular weight excluding hydrogens is 325 g/mol. The van der Waals surface area contributed by atoms with Gasteiger partial charge in [0.05, 0.1) is 15.7 Å². The Hall–Kier alpha value is -0.840. The predicted octanol–water partition coefficient (Wildman–Crippen LogP) is 5.14. The van der Waals surface area contributed by atoms with Gasteiger partial charge in [-0.25, -0.2) is 0 Å². The van der Waals surface area contributed by atoms with Crippen molar-refractivity contribution in [3.8, 4) is 5.69 Å². The summed E-state index contributed by atoms with van der Waals surface area (Å²) in [6.45, 7) is 0. The molecule has 110 valence electrons. The van der Waals surface area contributed by atoms with Crippen molar-refractivity contribution in [2.45, 2.75) is 31.6 Å². The Morgan fingerprint density at radius 2 is 1.76 bits per heavy atom. The van der Waals surface area contributed by atoms with Crippen LogP contribution in [0.4, 0.5) is 0 Å². The Morgan fingerprint density at radius 3 is 2.38 bits per heavy atom. The number of nitrogens with zero attached hydrogens (tertiary/aromatic N) is 2. The number of para-hydroxylation sites is 1. The highest BCUT2D eigenvalue weighted by Crippen LogP contribution is 2.61.